The van der Waals surface area contributed by atoms with E-state index in [-0.39, 0.29) is 16.6 Å². The van der Waals surface area contributed by atoms with Gasteiger partial charge in [0.25, 0.3) is 0 Å². The number of primary sulfonamides is 1. The highest BCUT2D eigenvalue weighted by Gasteiger charge is 2.18. The molecule has 1 saturated heterocycles. The fourth-order valence-corrected chi connectivity index (χ4v) is 3.04. The Bertz CT molecular complexity index is 624. The lowest BCUT2D eigenvalue weighted by molar-refractivity contribution is -0.117. The average Bonchev–Trinajstić information content (AvgIpc) is 2.90. The van der Waals surface area contributed by atoms with Crippen molar-refractivity contribution in [1.29, 1.82) is 0 Å². The molecule has 21 heavy (non-hydrogen) atoms. The SMILES string of the molecule is COc1ccc(NC(=O)CN2CCCC2)cc1S(N)(=O)=O. The van der Waals surface area contributed by atoms with Crippen molar-refractivity contribution in [2.24, 2.45) is 5.14 Å². The number of carbonyl (C=O) groups is 1. The largest absolute Gasteiger partial charge is 0.495 e. The van der Waals surface area contributed by atoms with E-state index in [1.165, 1.54) is 19.2 Å². The molecule has 2 rings (SSSR count). The van der Waals surface area contributed by atoms with Gasteiger partial charge in [-0.15, -0.1) is 0 Å². The summed E-state index contributed by atoms with van der Waals surface area (Å²) in [7, 11) is -2.56. The van der Waals surface area contributed by atoms with E-state index in [0.29, 0.717) is 12.2 Å². The number of methoxy groups -OCH3 is 1. The summed E-state index contributed by atoms with van der Waals surface area (Å²) in [6.45, 7) is 2.13. The summed E-state index contributed by atoms with van der Waals surface area (Å²) in [5.41, 5.74) is 0.379. The molecule has 0 spiro atoms. The number of anilines is 1. The van der Waals surface area contributed by atoms with Crippen molar-refractivity contribution in [1.82, 2.24) is 4.90 Å². The molecule has 3 N–H and O–H groups in total. The van der Waals surface area contributed by atoms with Crippen LogP contribution >= 0.6 is 0 Å². The van der Waals surface area contributed by atoms with Crippen LogP contribution in [0.25, 0.3) is 0 Å². The first-order chi connectivity index (χ1) is 9.90. The fraction of sp³-hybridized carbons (Fsp3) is 0.462. The number of nitrogens with zero attached hydrogens (tertiary/aromatic N) is 1. The zero-order chi connectivity index (χ0) is 15.5. The van der Waals surface area contributed by atoms with Gasteiger partial charge in [-0.25, -0.2) is 13.6 Å². The molecule has 0 bridgehead atoms. The maximum atomic E-state index is 11.9. The molecule has 1 aliphatic rings. The Morgan fingerprint density at radius 3 is 2.62 bits per heavy atom. The third-order valence-corrected chi connectivity index (χ3v) is 4.25. The minimum atomic E-state index is -3.91. The molecule has 1 aromatic rings. The predicted molar refractivity (Wildman–Crippen MR) is 78.7 cm³/mol. The minimum absolute atomic E-state index is 0.148. The molecular formula is C13H19N3O4S. The van der Waals surface area contributed by atoms with E-state index in [4.69, 9.17) is 9.88 Å². The highest BCUT2D eigenvalue weighted by atomic mass is 32.2. The van der Waals surface area contributed by atoms with Gasteiger partial charge in [0.1, 0.15) is 10.6 Å². The Hall–Kier alpha value is -1.64. The monoisotopic (exact) mass is 313 g/mol. The number of likely N-dealkylation sites (tertiary alicyclic amines) is 1. The van der Waals surface area contributed by atoms with Gasteiger partial charge in [0.2, 0.25) is 15.9 Å². The van der Waals surface area contributed by atoms with Crippen LogP contribution in [0.15, 0.2) is 23.1 Å². The Morgan fingerprint density at radius 2 is 2.05 bits per heavy atom. The van der Waals surface area contributed by atoms with Crippen molar-refractivity contribution in [3.8, 4) is 5.75 Å². The Kier molecular flexibility index (Phi) is 4.81. The molecule has 0 unspecified atom stereocenters. The zero-order valence-electron chi connectivity index (χ0n) is 11.8. The number of nitrogens with one attached hydrogen (secondary N) is 1. The first-order valence-electron chi connectivity index (χ1n) is 6.63. The van der Waals surface area contributed by atoms with Gasteiger partial charge in [-0.05, 0) is 44.1 Å². The molecule has 1 fully saturated rings. The molecule has 1 heterocycles. The minimum Gasteiger partial charge on any atom is -0.495 e. The number of amides is 1. The Morgan fingerprint density at radius 1 is 1.38 bits per heavy atom. The Balaban J connectivity index is 2.11. The van der Waals surface area contributed by atoms with Crippen LogP contribution in [0.1, 0.15) is 12.8 Å². The molecule has 0 aliphatic carbocycles. The van der Waals surface area contributed by atoms with Gasteiger partial charge >= 0.3 is 0 Å². The molecule has 8 heteroatoms. The summed E-state index contributed by atoms with van der Waals surface area (Å²) < 4.78 is 28.0. The second-order valence-corrected chi connectivity index (χ2v) is 6.47. The number of rotatable bonds is 5. The van der Waals surface area contributed by atoms with Crippen molar-refractivity contribution in [2.45, 2.75) is 17.7 Å². The predicted octanol–water partition coefficient (Wildman–Crippen LogP) is 0.377. The molecule has 0 aromatic heterocycles. The zero-order valence-corrected chi connectivity index (χ0v) is 12.6. The summed E-state index contributed by atoms with van der Waals surface area (Å²) in [4.78, 5) is 13.8. The molecule has 0 radical (unpaired) electrons. The van der Waals surface area contributed by atoms with E-state index in [2.05, 4.69) is 10.2 Å². The van der Waals surface area contributed by atoms with E-state index < -0.39 is 10.0 Å². The summed E-state index contributed by atoms with van der Waals surface area (Å²) in [5.74, 6) is -0.0301. The van der Waals surface area contributed by atoms with E-state index in [0.717, 1.165) is 25.9 Å². The van der Waals surface area contributed by atoms with E-state index in [1.54, 1.807) is 6.07 Å². The second-order valence-electron chi connectivity index (χ2n) is 4.94. The van der Waals surface area contributed by atoms with E-state index >= 15 is 0 Å². The quantitative estimate of drug-likeness (QED) is 0.818. The second kappa shape index (κ2) is 6.42. The van der Waals surface area contributed by atoms with Crippen LogP contribution in [0.4, 0.5) is 5.69 Å². The molecule has 7 nitrogen and oxygen atoms in total. The molecule has 1 aromatic carbocycles. The van der Waals surface area contributed by atoms with Gasteiger partial charge in [0.15, 0.2) is 0 Å². The van der Waals surface area contributed by atoms with Crippen molar-refractivity contribution in [3.63, 3.8) is 0 Å². The molecule has 0 saturated carbocycles. The lowest BCUT2D eigenvalue weighted by Gasteiger charge is -2.15. The number of nitrogens with two attached hydrogens (primary N) is 1. The third kappa shape index (κ3) is 4.16. The van der Waals surface area contributed by atoms with Crippen molar-refractivity contribution < 1.29 is 17.9 Å². The summed E-state index contributed by atoms with van der Waals surface area (Å²) in [5, 5.41) is 7.81. The molecular weight excluding hydrogens is 294 g/mol. The maximum Gasteiger partial charge on any atom is 0.241 e. The van der Waals surface area contributed by atoms with Gasteiger partial charge in [-0.2, -0.15) is 0 Å². The van der Waals surface area contributed by atoms with Crippen LogP contribution in [0.3, 0.4) is 0 Å². The van der Waals surface area contributed by atoms with E-state index in [9.17, 15) is 13.2 Å². The number of sulfonamides is 1. The first kappa shape index (κ1) is 15.7. The number of hydrogen-bond donors (Lipinski definition) is 2. The van der Waals surface area contributed by atoms with Gasteiger partial charge in [-0.3, -0.25) is 9.69 Å². The molecule has 0 atom stereocenters. The fourth-order valence-electron chi connectivity index (χ4n) is 2.32. The smallest absolute Gasteiger partial charge is 0.241 e. The third-order valence-electron chi connectivity index (χ3n) is 3.32. The van der Waals surface area contributed by atoms with Crippen molar-refractivity contribution in [2.75, 3.05) is 32.1 Å². The van der Waals surface area contributed by atoms with Crippen LogP contribution in [0.2, 0.25) is 0 Å². The summed E-state index contributed by atoms with van der Waals surface area (Å²) in [6.07, 6.45) is 2.21. The highest BCUT2D eigenvalue weighted by molar-refractivity contribution is 7.89. The normalized spacial score (nSPS) is 15.9. The van der Waals surface area contributed by atoms with Crippen LogP contribution < -0.4 is 15.2 Å². The lowest BCUT2D eigenvalue weighted by atomic mass is 10.3. The van der Waals surface area contributed by atoms with Gasteiger partial charge < -0.3 is 10.1 Å². The summed E-state index contributed by atoms with van der Waals surface area (Å²) in [6, 6.07) is 4.34. The average molecular weight is 313 g/mol. The van der Waals surface area contributed by atoms with Gasteiger partial charge in [0.05, 0.1) is 13.7 Å². The van der Waals surface area contributed by atoms with Crippen molar-refractivity contribution >= 4 is 21.6 Å². The first-order valence-corrected chi connectivity index (χ1v) is 8.18. The molecule has 1 aliphatic heterocycles. The van der Waals surface area contributed by atoms with Crippen LogP contribution in [-0.2, 0) is 14.8 Å². The standard InChI is InChI=1S/C13H19N3O4S/c1-20-11-5-4-10(8-12(11)21(14,18)19)15-13(17)9-16-6-2-3-7-16/h4-5,8H,2-3,6-7,9H2,1H3,(H,15,17)(H2,14,18,19). The maximum absolute atomic E-state index is 11.9. The summed E-state index contributed by atoms with van der Waals surface area (Å²) >= 11 is 0. The topological polar surface area (TPSA) is 102 Å². The Labute approximate surface area is 124 Å². The lowest BCUT2D eigenvalue weighted by Crippen LogP contribution is -2.30. The van der Waals surface area contributed by atoms with E-state index in [1.807, 2.05) is 0 Å². The highest BCUT2D eigenvalue weighted by Crippen LogP contribution is 2.26. The molecule has 1 amide bonds. The van der Waals surface area contributed by atoms with Crippen molar-refractivity contribution in [3.05, 3.63) is 18.2 Å². The number of benzene rings is 1. The number of carbonyl (C=O) groups excluding carboxylic acids is 1. The van der Waals surface area contributed by atoms with Gasteiger partial charge in [-0.1, -0.05) is 0 Å². The van der Waals surface area contributed by atoms with Crippen LogP contribution in [-0.4, -0.2) is 46.0 Å². The number of ether oxygens (including phenoxy) is 1. The number of hydrogen-bond acceptors (Lipinski definition) is 5. The molecule has 116 valence electrons. The van der Waals surface area contributed by atoms with Crippen LogP contribution in [0, 0.1) is 0 Å². The van der Waals surface area contributed by atoms with Crippen LogP contribution in [0.5, 0.6) is 5.75 Å². The van der Waals surface area contributed by atoms with Gasteiger partial charge in [0, 0.05) is 5.69 Å².